The molecule has 3 rings (SSSR count). The average Bonchev–Trinajstić information content (AvgIpc) is 2.64. The maximum Gasteiger partial charge on any atom is 0.324 e. The molecule has 4 heteroatoms. The van der Waals surface area contributed by atoms with Crippen LogP contribution in [0.2, 0.25) is 0 Å². The van der Waals surface area contributed by atoms with E-state index in [1.54, 1.807) is 0 Å². The van der Waals surface area contributed by atoms with Gasteiger partial charge in [0.25, 0.3) is 0 Å². The summed E-state index contributed by atoms with van der Waals surface area (Å²) in [6.45, 7) is 2.59. The lowest BCUT2D eigenvalue weighted by atomic mass is 10.1. The number of hydrogen-bond acceptors (Lipinski definition) is 2. The second kappa shape index (κ2) is 5.11. The standard InChI is InChI=1S/C15H21N3O/c16-13-5-6-14-12(11-13)7-10-18(14)15(19)17-8-3-1-2-4-9-17/h5-6,11H,1-4,7-10,16H2. The minimum absolute atomic E-state index is 0.172. The van der Waals surface area contributed by atoms with E-state index in [1.165, 1.54) is 18.4 Å². The summed E-state index contributed by atoms with van der Waals surface area (Å²) in [4.78, 5) is 16.6. The summed E-state index contributed by atoms with van der Waals surface area (Å²) in [5.74, 6) is 0. The second-order valence-corrected chi connectivity index (χ2v) is 5.47. The van der Waals surface area contributed by atoms with Gasteiger partial charge in [0.2, 0.25) is 0 Å². The van der Waals surface area contributed by atoms with Crippen molar-refractivity contribution >= 4 is 17.4 Å². The first kappa shape index (κ1) is 12.3. The second-order valence-electron chi connectivity index (χ2n) is 5.47. The number of fused-ring (bicyclic) bond motifs is 1. The molecular weight excluding hydrogens is 238 g/mol. The molecule has 102 valence electrons. The van der Waals surface area contributed by atoms with Gasteiger partial charge in [0.1, 0.15) is 0 Å². The van der Waals surface area contributed by atoms with E-state index in [9.17, 15) is 4.79 Å². The third kappa shape index (κ3) is 2.39. The van der Waals surface area contributed by atoms with Crippen molar-refractivity contribution in [1.29, 1.82) is 0 Å². The van der Waals surface area contributed by atoms with E-state index in [0.29, 0.717) is 0 Å². The molecule has 19 heavy (non-hydrogen) atoms. The van der Waals surface area contributed by atoms with Crippen molar-refractivity contribution in [3.8, 4) is 0 Å². The Morgan fingerprint density at radius 1 is 1.05 bits per heavy atom. The molecule has 0 unspecified atom stereocenters. The smallest absolute Gasteiger partial charge is 0.324 e. The van der Waals surface area contributed by atoms with Crippen molar-refractivity contribution in [2.24, 2.45) is 0 Å². The fourth-order valence-corrected chi connectivity index (χ4v) is 3.05. The highest BCUT2D eigenvalue weighted by Gasteiger charge is 2.28. The van der Waals surface area contributed by atoms with Gasteiger partial charge in [0, 0.05) is 31.0 Å². The summed E-state index contributed by atoms with van der Waals surface area (Å²) < 4.78 is 0. The van der Waals surface area contributed by atoms with Gasteiger partial charge in [-0.2, -0.15) is 0 Å². The van der Waals surface area contributed by atoms with Crippen molar-refractivity contribution < 1.29 is 4.79 Å². The number of likely N-dealkylation sites (tertiary alicyclic amines) is 1. The molecular formula is C15H21N3O. The first-order valence-corrected chi connectivity index (χ1v) is 7.20. The van der Waals surface area contributed by atoms with Crippen LogP contribution in [0.5, 0.6) is 0 Å². The lowest BCUT2D eigenvalue weighted by Gasteiger charge is -2.27. The SMILES string of the molecule is Nc1ccc2c(c1)CCN2C(=O)N1CCCCCC1. The normalized spacial score (nSPS) is 19.2. The van der Waals surface area contributed by atoms with E-state index >= 15 is 0 Å². The van der Waals surface area contributed by atoms with Gasteiger partial charge in [-0.3, -0.25) is 4.90 Å². The van der Waals surface area contributed by atoms with Crippen LogP contribution in [0.15, 0.2) is 18.2 Å². The van der Waals surface area contributed by atoms with Crippen molar-refractivity contribution in [2.45, 2.75) is 32.1 Å². The molecule has 1 aromatic carbocycles. The number of urea groups is 1. The minimum atomic E-state index is 0.172. The van der Waals surface area contributed by atoms with Gasteiger partial charge in [-0.25, -0.2) is 4.79 Å². The van der Waals surface area contributed by atoms with Gasteiger partial charge in [-0.05, 0) is 43.0 Å². The molecule has 2 heterocycles. The van der Waals surface area contributed by atoms with Gasteiger partial charge in [0.15, 0.2) is 0 Å². The van der Waals surface area contributed by atoms with Crippen molar-refractivity contribution in [3.63, 3.8) is 0 Å². The van der Waals surface area contributed by atoms with E-state index in [0.717, 1.165) is 50.3 Å². The third-order valence-corrected chi connectivity index (χ3v) is 4.11. The molecule has 1 aromatic rings. The number of nitrogen functional groups attached to an aromatic ring is 1. The first-order chi connectivity index (χ1) is 9.25. The number of amides is 2. The van der Waals surface area contributed by atoms with Crippen molar-refractivity contribution in [1.82, 2.24) is 4.90 Å². The van der Waals surface area contributed by atoms with Gasteiger partial charge in [0.05, 0.1) is 0 Å². The van der Waals surface area contributed by atoms with Crippen LogP contribution in [0.4, 0.5) is 16.2 Å². The lowest BCUT2D eigenvalue weighted by molar-refractivity contribution is 0.207. The summed E-state index contributed by atoms with van der Waals surface area (Å²) in [7, 11) is 0. The number of hydrogen-bond donors (Lipinski definition) is 1. The van der Waals surface area contributed by atoms with Crippen LogP contribution >= 0.6 is 0 Å². The van der Waals surface area contributed by atoms with Crippen LogP contribution in [0, 0.1) is 0 Å². The number of carbonyl (C=O) groups excluding carboxylic acids is 1. The molecule has 2 amide bonds. The van der Waals surface area contributed by atoms with Crippen molar-refractivity contribution in [2.75, 3.05) is 30.3 Å². The Kier molecular flexibility index (Phi) is 3.32. The molecule has 0 atom stereocenters. The highest BCUT2D eigenvalue weighted by atomic mass is 16.2. The molecule has 0 radical (unpaired) electrons. The summed E-state index contributed by atoms with van der Waals surface area (Å²) in [6, 6.07) is 6.02. The van der Waals surface area contributed by atoms with Crippen LogP contribution in [0.1, 0.15) is 31.2 Å². The molecule has 0 aromatic heterocycles. The van der Waals surface area contributed by atoms with Gasteiger partial charge >= 0.3 is 6.03 Å². The predicted octanol–water partition coefficient (Wildman–Crippen LogP) is 2.63. The first-order valence-electron chi connectivity index (χ1n) is 7.20. The number of benzene rings is 1. The summed E-state index contributed by atoms with van der Waals surface area (Å²) >= 11 is 0. The Hall–Kier alpha value is -1.71. The Morgan fingerprint density at radius 2 is 1.79 bits per heavy atom. The summed E-state index contributed by atoms with van der Waals surface area (Å²) in [5, 5.41) is 0. The Morgan fingerprint density at radius 3 is 2.53 bits per heavy atom. The van der Waals surface area contributed by atoms with E-state index in [2.05, 4.69) is 0 Å². The topological polar surface area (TPSA) is 49.6 Å². The highest BCUT2D eigenvalue weighted by Crippen LogP contribution is 2.30. The zero-order valence-electron chi connectivity index (χ0n) is 11.3. The highest BCUT2D eigenvalue weighted by molar-refractivity contribution is 5.94. The van der Waals surface area contributed by atoms with Crippen LogP contribution in [0.25, 0.3) is 0 Å². The molecule has 4 nitrogen and oxygen atoms in total. The average molecular weight is 259 g/mol. The van der Waals surface area contributed by atoms with Crippen LogP contribution in [0.3, 0.4) is 0 Å². The Bertz CT molecular complexity index is 478. The van der Waals surface area contributed by atoms with Crippen molar-refractivity contribution in [3.05, 3.63) is 23.8 Å². The largest absolute Gasteiger partial charge is 0.399 e. The van der Waals surface area contributed by atoms with Crippen LogP contribution in [-0.4, -0.2) is 30.6 Å². The lowest BCUT2D eigenvalue weighted by Crippen LogP contribution is -2.43. The monoisotopic (exact) mass is 259 g/mol. The molecule has 2 aliphatic rings. The molecule has 1 saturated heterocycles. The van der Waals surface area contributed by atoms with Crippen LogP contribution < -0.4 is 10.6 Å². The molecule has 0 bridgehead atoms. The van der Waals surface area contributed by atoms with E-state index in [-0.39, 0.29) is 6.03 Å². The Balaban J connectivity index is 1.78. The van der Waals surface area contributed by atoms with Gasteiger partial charge in [-0.15, -0.1) is 0 Å². The van der Waals surface area contributed by atoms with E-state index in [4.69, 9.17) is 5.73 Å². The molecule has 2 aliphatic heterocycles. The molecule has 2 N–H and O–H groups in total. The summed E-state index contributed by atoms with van der Waals surface area (Å²) in [5.41, 5.74) is 8.82. The van der Waals surface area contributed by atoms with Gasteiger partial charge in [-0.1, -0.05) is 12.8 Å². The van der Waals surface area contributed by atoms with Gasteiger partial charge < -0.3 is 10.6 Å². The maximum absolute atomic E-state index is 12.6. The number of anilines is 2. The predicted molar refractivity (Wildman–Crippen MR) is 77.3 cm³/mol. The zero-order valence-corrected chi connectivity index (χ0v) is 11.3. The quantitative estimate of drug-likeness (QED) is 0.728. The number of nitrogens with zero attached hydrogens (tertiary/aromatic N) is 2. The molecule has 0 spiro atoms. The van der Waals surface area contributed by atoms with Crippen LogP contribution in [-0.2, 0) is 6.42 Å². The third-order valence-electron chi connectivity index (χ3n) is 4.11. The summed E-state index contributed by atoms with van der Waals surface area (Å²) in [6.07, 6.45) is 5.68. The zero-order chi connectivity index (χ0) is 13.2. The molecule has 0 aliphatic carbocycles. The maximum atomic E-state index is 12.6. The molecule has 0 saturated carbocycles. The minimum Gasteiger partial charge on any atom is -0.399 e. The number of nitrogens with two attached hydrogens (primary N) is 1. The van der Waals surface area contributed by atoms with E-state index < -0.39 is 0 Å². The number of rotatable bonds is 0. The fraction of sp³-hybridized carbons (Fsp3) is 0.533. The molecule has 1 fully saturated rings. The van der Waals surface area contributed by atoms with E-state index in [1.807, 2.05) is 28.0 Å². The Labute approximate surface area is 114 Å². The number of carbonyl (C=O) groups is 1. The fourth-order valence-electron chi connectivity index (χ4n) is 3.05.